The summed E-state index contributed by atoms with van der Waals surface area (Å²) in [6, 6.07) is -0.0162. The van der Waals surface area contributed by atoms with E-state index in [-0.39, 0.29) is 12.0 Å². The summed E-state index contributed by atoms with van der Waals surface area (Å²) in [4.78, 5) is 13.3. The third kappa shape index (κ3) is 1.23. The van der Waals surface area contributed by atoms with Gasteiger partial charge in [-0.3, -0.25) is 9.69 Å². The van der Waals surface area contributed by atoms with Crippen LogP contribution in [0.4, 0.5) is 0 Å². The molecule has 0 radical (unpaired) electrons. The second-order valence-corrected chi connectivity index (χ2v) is 2.92. The maximum absolute atomic E-state index is 11.1. The van der Waals surface area contributed by atoms with Gasteiger partial charge in [0.2, 0.25) is 0 Å². The number of fused-ring (bicyclic) bond motifs is 1. The lowest BCUT2D eigenvalue weighted by molar-refractivity contribution is -0.158. The molecule has 4 heteroatoms. The minimum atomic E-state index is -0.0662. The lowest BCUT2D eigenvalue weighted by Crippen LogP contribution is -2.58. The summed E-state index contributed by atoms with van der Waals surface area (Å²) >= 11 is 0. The van der Waals surface area contributed by atoms with Gasteiger partial charge in [-0.1, -0.05) is 0 Å². The monoisotopic (exact) mass is 156 g/mol. The molecule has 2 aliphatic heterocycles. The average molecular weight is 156 g/mol. The maximum Gasteiger partial charge on any atom is 0.324 e. The molecule has 2 heterocycles. The maximum atomic E-state index is 11.1. The van der Waals surface area contributed by atoms with Crippen molar-refractivity contribution in [2.75, 3.05) is 32.8 Å². The topological polar surface area (TPSA) is 41.6 Å². The van der Waals surface area contributed by atoms with Gasteiger partial charge in [0.1, 0.15) is 12.6 Å². The highest BCUT2D eigenvalue weighted by Crippen LogP contribution is 2.09. The third-order valence-electron chi connectivity index (χ3n) is 2.25. The van der Waals surface area contributed by atoms with Gasteiger partial charge in [-0.15, -0.1) is 0 Å². The quantitative estimate of drug-likeness (QED) is 0.448. The van der Waals surface area contributed by atoms with Crippen LogP contribution in [0.5, 0.6) is 0 Å². The Labute approximate surface area is 65.5 Å². The predicted molar refractivity (Wildman–Crippen MR) is 39.2 cm³/mol. The minimum absolute atomic E-state index is 0.0162. The number of morpholine rings is 1. The molecule has 1 N–H and O–H groups in total. The van der Waals surface area contributed by atoms with Crippen molar-refractivity contribution < 1.29 is 9.53 Å². The molecular weight excluding hydrogens is 144 g/mol. The fraction of sp³-hybridized carbons (Fsp3) is 0.857. The standard InChI is InChI=1S/C7H12N2O2/c10-7-6-5-8-1-2-9(6)3-4-11-7/h6,8H,1-5H2. The molecule has 11 heavy (non-hydrogen) atoms. The van der Waals surface area contributed by atoms with E-state index in [1.54, 1.807) is 0 Å². The Morgan fingerprint density at radius 1 is 1.55 bits per heavy atom. The number of nitrogens with one attached hydrogen (secondary N) is 1. The number of hydrogen-bond donors (Lipinski definition) is 1. The molecule has 0 saturated carbocycles. The van der Waals surface area contributed by atoms with Gasteiger partial charge >= 0.3 is 5.97 Å². The van der Waals surface area contributed by atoms with Crippen LogP contribution in [-0.4, -0.2) is 49.7 Å². The number of nitrogens with zero attached hydrogens (tertiary/aromatic N) is 1. The van der Waals surface area contributed by atoms with Crippen LogP contribution >= 0.6 is 0 Å². The molecule has 0 aromatic heterocycles. The van der Waals surface area contributed by atoms with Crippen molar-refractivity contribution in [3.8, 4) is 0 Å². The Morgan fingerprint density at radius 3 is 3.27 bits per heavy atom. The predicted octanol–water partition coefficient (Wildman–Crippen LogP) is -1.18. The third-order valence-corrected chi connectivity index (χ3v) is 2.25. The van der Waals surface area contributed by atoms with Gasteiger partial charge < -0.3 is 10.1 Å². The number of cyclic esters (lactones) is 1. The average Bonchev–Trinajstić information content (AvgIpc) is 2.06. The summed E-state index contributed by atoms with van der Waals surface area (Å²) in [5, 5.41) is 3.17. The molecule has 0 aliphatic carbocycles. The van der Waals surface area contributed by atoms with Gasteiger partial charge in [-0.25, -0.2) is 0 Å². The van der Waals surface area contributed by atoms with Crippen molar-refractivity contribution in [1.29, 1.82) is 0 Å². The van der Waals surface area contributed by atoms with Crippen molar-refractivity contribution >= 4 is 5.97 Å². The highest BCUT2D eigenvalue weighted by molar-refractivity contribution is 5.76. The van der Waals surface area contributed by atoms with Crippen LogP contribution < -0.4 is 5.32 Å². The number of ether oxygens (including phenoxy) is 1. The first kappa shape index (κ1) is 7.06. The van der Waals surface area contributed by atoms with Crippen molar-refractivity contribution in [1.82, 2.24) is 10.2 Å². The van der Waals surface area contributed by atoms with E-state index in [1.165, 1.54) is 0 Å². The summed E-state index contributed by atoms with van der Waals surface area (Å²) in [6.45, 7) is 4.18. The molecule has 0 spiro atoms. The van der Waals surface area contributed by atoms with E-state index < -0.39 is 0 Å². The Balaban J connectivity index is 2.05. The molecule has 0 aromatic rings. The van der Waals surface area contributed by atoms with Gasteiger partial charge in [-0.2, -0.15) is 0 Å². The summed E-state index contributed by atoms with van der Waals surface area (Å²) in [5.74, 6) is -0.0662. The van der Waals surface area contributed by atoms with E-state index in [0.29, 0.717) is 6.61 Å². The van der Waals surface area contributed by atoms with E-state index in [9.17, 15) is 4.79 Å². The van der Waals surface area contributed by atoms with Crippen molar-refractivity contribution in [2.45, 2.75) is 6.04 Å². The molecule has 2 saturated heterocycles. The summed E-state index contributed by atoms with van der Waals surface area (Å²) in [7, 11) is 0. The smallest absolute Gasteiger partial charge is 0.324 e. The van der Waals surface area contributed by atoms with Crippen LogP contribution in [0.3, 0.4) is 0 Å². The Hall–Kier alpha value is -0.610. The normalized spacial score (nSPS) is 32.7. The van der Waals surface area contributed by atoms with Crippen LogP contribution in [0.25, 0.3) is 0 Å². The van der Waals surface area contributed by atoms with E-state index in [4.69, 9.17) is 4.74 Å². The first-order valence-electron chi connectivity index (χ1n) is 3.99. The molecule has 2 rings (SSSR count). The summed E-state index contributed by atoms with van der Waals surface area (Å²) < 4.78 is 4.93. The number of carbonyl (C=O) groups is 1. The Kier molecular flexibility index (Phi) is 1.79. The van der Waals surface area contributed by atoms with Crippen molar-refractivity contribution in [3.05, 3.63) is 0 Å². The van der Waals surface area contributed by atoms with Crippen LogP contribution in [0, 0.1) is 0 Å². The van der Waals surface area contributed by atoms with Gasteiger partial charge in [-0.05, 0) is 0 Å². The molecule has 2 fully saturated rings. The van der Waals surface area contributed by atoms with E-state index in [0.717, 1.165) is 26.2 Å². The lowest BCUT2D eigenvalue weighted by Gasteiger charge is -2.37. The molecule has 0 amide bonds. The van der Waals surface area contributed by atoms with Crippen LogP contribution in [0.2, 0.25) is 0 Å². The molecule has 0 aromatic carbocycles. The molecule has 0 bridgehead atoms. The zero-order valence-electron chi connectivity index (χ0n) is 6.38. The Bertz CT molecular complexity index is 170. The highest BCUT2D eigenvalue weighted by atomic mass is 16.5. The zero-order chi connectivity index (χ0) is 7.68. The number of rotatable bonds is 0. The summed E-state index contributed by atoms with van der Waals surface area (Å²) in [5.41, 5.74) is 0. The van der Waals surface area contributed by atoms with E-state index in [2.05, 4.69) is 10.2 Å². The fourth-order valence-corrected chi connectivity index (χ4v) is 1.61. The SMILES string of the molecule is O=C1OCCN2CCNCC12. The first-order chi connectivity index (χ1) is 5.38. The number of hydrogen-bond acceptors (Lipinski definition) is 4. The Morgan fingerprint density at radius 2 is 2.45 bits per heavy atom. The van der Waals surface area contributed by atoms with Crippen LogP contribution in [0.15, 0.2) is 0 Å². The second-order valence-electron chi connectivity index (χ2n) is 2.92. The van der Waals surface area contributed by atoms with Gasteiger partial charge in [0, 0.05) is 26.2 Å². The van der Waals surface area contributed by atoms with Crippen molar-refractivity contribution in [2.24, 2.45) is 0 Å². The molecule has 1 unspecified atom stereocenters. The molecular formula is C7H12N2O2. The van der Waals surface area contributed by atoms with E-state index >= 15 is 0 Å². The van der Waals surface area contributed by atoms with Gasteiger partial charge in [0.15, 0.2) is 0 Å². The van der Waals surface area contributed by atoms with Crippen LogP contribution in [-0.2, 0) is 9.53 Å². The molecule has 1 atom stereocenters. The largest absolute Gasteiger partial charge is 0.463 e. The minimum Gasteiger partial charge on any atom is -0.463 e. The molecule has 2 aliphatic rings. The fourth-order valence-electron chi connectivity index (χ4n) is 1.61. The van der Waals surface area contributed by atoms with Gasteiger partial charge in [0.05, 0.1) is 0 Å². The molecule has 4 nitrogen and oxygen atoms in total. The molecule has 62 valence electrons. The van der Waals surface area contributed by atoms with E-state index in [1.807, 2.05) is 0 Å². The summed E-state index contributed by atoms with van der Waals surface area (Å²) in [6.07, 6.45) is 0. The number of esters is 1. The number of carbonyl (C=O) groups excluding carboxylic acids is 1. The second kappa shape index (κ2) is 2.79. The number of piperazine rings is 1. The van der Waals surface area contributed by atoms with Crippen LogP contribution in [0.1, 0.15) is 0 Å². The lowest BCUT2D eigenvalue weighted by atomic mass is 10.2. The highest BCUT2D eigenvalue weighted by Gasteiger charge is 2.32. The zero-order valence-corrected chi connectivity index (χ0v) is 6.38. The van der Waals surface area contributed by atoms with Crippen molar-refractivity contribution in [3.63, 3.8) is 0 Å². The van der Waals surface area contributed by atoms with Gasteiger partial charge in [0.25, 0.3) is 0 Å². The first-order valence-corrected chi connectivity index (χ1v) is 3.99.